The molecule has 0 unspecified atom stereocenters. The van der Waals surface area contributed by atoms with Gasteiger partial charge in [-0.05, 0) is 90.1 Å². The van der Waals surface area contributed by atoms with E-state index in [0.29, 0.717) is 13.0 Å². The van der Waals surface area contributed by atoms with Crippen LogP contribution in [0.25, 0.3) is 0 Å². The van der Waals surface area contributed by atoms with Gasteiger partial charge in [0.2, 0.25) is 0 Å². The summed E-state index contributed by atoms with van der Waals surface area (Å²) in [6.45, 7) is 10.8. The summed E-state index contributed by atoms with van der Waals surface area (Å²) < 4.78 is 11.8. The lowest BCUT2D eigenvalue weighted by Crippen LogP contribution is -2.41. The first-order chi connectivity index (χ1) is 26.5. The van der Waals surface area contributed by atoms with Gasteiger partial charge < -0.3 is 19.5 Å². The fraction of sp³-hybridized carbons (Fsp3) is 0.958. The first-order valence-corrected chi connectivity index (χ1v) is 24.2. The number of carbonyl (C=O) groups is 2. The largest absolute Gasteiger partial charge is 0.466 e. The van der Waals surface area contributed by atoms with Gasteiger partial charge in [-0.25, -0.2) is 0 Å². The Hall–Kier alpha value is -1.14. The van der Waals surface area contributed by atoms with E-state index in [4.69, 9.17) is 9.47 Å². The van der Waals surface area contributed by atoms with E-state index in [0.717, 1.165) is 90.3 Å². The van der Waals surface area contributed by atoms with Crippen LogP contribution >= 0.6 is 0 Å². The van der Waals surface area contributed by atoms with E-state index in [2.05, 4.69) is 25.7 Å². The van der Waals surface area contributed by atoms with Crippen molar-refractivity contribution in [2.24, 2.45) is 5.41 Å². The molecule has 0 amide bonds. The normalized spacial score (nSPS) is 13.8. The SMILES string of the molecule is CCCCCCCCCC(=O)OCCCCCCCN(CCCO)CCCCCCC1(C(=O)OC(CCCCCCCC)CCCCCCCC)CCC1. The van der Waals surface area contributed by atoms with Gasteiger partial charge in [-0.3, -0.25) is 9.59 Å². The monoisotopic (exact) mass is 764 g/mol. The van der Waals surface area contributed by atoms with Crippen LogP contribution in [0.4, 0.5) is 0 Å². The number of unbranched alkanes of at least 4 members (excludes halogenated alkanes) is 23. The number of hydrogen-bond donors (Lipinski definition) is 1. The zero-order valence-corrected chi connectivity index (χ0v) is 36.6. The van der Waals surface area contributed by atoms with Crippen LogP contribution in [0.2, 0.25) is 0 Å². The second-order valence-corrected chi connectivity index (χ2v) is 17.2. The summed E-state index contributed by atoms with van der Waals surface area (Å²) in [6.07, 6.45) is 42.2. The van der Waals surface area contributed by atoms with E-state index in [1.807, 2.05) is 0 Å². The van der Waals surface area contributed by atoms with Gasteiger partial charge in [-0.15, -0.1) is 0 Å². The Kier molecular flexibility index (Phi) is 35.3. The molecule has 0 heterocycles. The van der Waals surface area contributed by atoms with E-state index in [-0.39, 0.29) is 30.1 Å². The Morgan fingerprint density at radius 3 is 1.50 bits per heavy atom. The number of aliphatic hydroxyl groups excluding tert-OH is 1. The second-order valence-electron chi connectivity index (χ2n) is 17.2. The molecule has 1 saturated carbocycles. The van der Waals surface area contributed by atoms with Gasteiger partial charge in [0, 0.05) is 19.6 Å². The van der Waals surface area contributed by atoms with Crippen LogP contribution in [0.1, 0.15) is 252 Å². The molecule has 6 nitrogen and oxygen atoms in total. The van der Waals surface area contributed by atoms with Crippen LogP contribution in [-0.2, 0) is 19.1 Å². The van der Waals surface area contributed by atoms with Crippen molar-refractivity contribution >= 4 is 11.9 Å². The number of nitrogens with zero attached hydrogens (tertiary/aromatic N) is 1. The number of carbonyl (C=O) groups excluding carboxylic acids is 2. The number of aliphatic hydroxyl groups is 1. The average Bonchev–Trinajstić information content (AvgIpc) is 3.15. The smallest absolute Gasteiger partial charge is 0.312 e. The summed E-state index contributed by atoms with van der Waals surface area (Å²) in [6, 6.07) is 0. The first-order valence-electron chi connectivity index (χ1n) is 24.2. The molecule has 0 aromatic rings. The standard InChI is InChI=1S/C48H93NO5/c1-4-7-10-13-16-20-27-36-46(51)53-44-31-24-17-22-29-40-49(42-33-43-50)41-30-23-21-28-37-48(38-32-39-48)47(52)54-45(34-25-18-14-11-8-5-2)35-26-19-15-12-9-6-3/h45,50H,4-44H2,1-3H3. The van der Waals surface area contributed by atoms with Crippen molar-refractivity contribution in [2.45, 2.75) is 258 Å². The van der Waals surface area contributed by atoms with Crippen molar-refractivity contribution in [2.75, 3.05) is 32.8 Å². The fourth-order valence-electron chi connectivity index (χ4n) is 8.24. The summed E-state index contributed by atoms with van der Waals surface area (Å²) in [7, 11) is 0. The van der Waals surface area contributed by atoms with E-state index >= 15 is 0 Å². The number of esters is 2. The minimum Gasteiger partial charge on any atom is -0.466 e. The van der Waals surface area contributed by atoms with Crippen LogP contribution < -0.4 is 0 Å². The molecule has 0 radical (unpaired) electrons. The van der Waals surface area contributed by atoms with Crippen molar-refractivity contribution in [3.63, 3.8) is 0 Å². The predicted octanol–water partition coefficient (Wildman–Crippen LogP) is 13.8. The topological polar surface area (TPSA) is 76.1 Å². The molecular formula is C48H93NO5. The molecular weight excluding hydrogens is 671 g/mol. The van der Waals surface area contributed by atoms with E-state index in [1.165, 1.54) is 154 Å². The molecule has 0 atom stereocenters. The summed E-state index contributed by atoms with van der Waals surface area (Å²) in [5, 5.41) is 9.46. The molecule has 320 valence electrons. The fourth-order valence-corrected chi connectivity index (χ4v) is 8.24. The maximum Gasteiger partial charge on any atom is 0.312 e. The maximum atomic E-state index is 13.6. The number of ether oxygens (including phenoxy) is 2. The average molecular weight is 764 g/mol. The highest BCUT2D eigenvalue weighted by molar-refractivity contribution is 5.78. The summed E-state index contributed by atoms with van der Waals surface area (Å²) in [5.41, 5.74) is -0.206. The van der Waals surface area contributed by atoms with E-state index < -0.39 is 0 Å². The Labute approximate surface area is 336 Å². The molecule has 0 spiro atoms. The van der Waals surface area contributed by atoms with Gasteiger partial charge in [0.15, 0.2) is 0 Å². The van der Waals surface area contributed by atoms with E-state index in [9.17, 15) is 14.7 Å². The molecule has 0 aromatic heterocycles. The van der Waals surface area contributed by atoms with E-state index in [1.54, 1.807) is 0 Å². The van der Waals surface area contributed by atoms with Gasteiger partial charge >= 0.3 is 11.9 Å². The molecule has 0 aromatic carbocycles. The van der Waals surface area contributed by atoms with Crippen molar-refractivity contribution in [3.05, 3.63) is 0 Å². The third-order valence-electron chi connectivity index (χ3n) is 12.2. The van der Waals surface area contributed by atoms with Crippen molar-refractivity contribution in [1.29, 1.82) is 0 Å². The summed E-state index contributed by atoms with van der Waals surface area (Å²) >= 11 is 0. The van der Waals surface area contributed by atoms with Gasteiger partial charge in [-0.1, -0.05) is 168 Å². The minimum atomic E-state index is -0.206. The molecule has 1 aliphatic rings. The highest BCUT2D eigenvalue weighted by atomic mass is 16.5. The van der Waals surface area contributed by atoms with Crippen molar-refractivity contribution in [1.82, 2.24) is 4.90 Å². The van der Waals surface area contributed by atoms with Crippen molar-refractivity contribution in [3.8, 4) is 0 Å². The van der Waals surface area contributed by atoms with Crippen LogP contribution in [0.3, 0.4) is 0 Å². The highest BCUT2D eigenvalue weighted by Gasteiger charge is 2.45. The second kappa shape index (κ2) is 37.4. The zero-order valence-electron chi connectivity index (χ0n) is 36.6. The number of hydrogen-bond acceptors (Lipinski definition) is 6. The van der Waals surface area contributed by atoms with Crippen LogP contribution in [0, 0.1) is 5.41 Å². The van der Waals surface area contributed by atoms with Crippen LogP contribution in [0.15, 0.2) is 0 Å². The lowest BCUT2D eigenvalue weighted by Gasteiger charge is -2.40. The Balaban J connectivity index is 2.27. The van der Waals surface area contributed by atoms with Crippen LogP contribution in [0.5, 0.6) is 0 Å². The Morgan fingerprint density at radius 1 is 0.556 bits per heavy atom. The molecule has 54 heavy (non-hydrogen) atoms. The molecule has 1 aliphatic carbocycles. The first kappa shape index (κ1) is 50.9. The van der Waals surface area contributed by atoms with Gasteiger partial charge in [0.25, 0.3) is 0 Å². The molecule has 0 saturated heterocycles. The minimum absolute atomic E-state index is 0.0190. The highest BCUT2D eigenvalue weighted by Crippen LogP contribution is 2.46. The maximum absolute atomic E-state index is 13.6. The lowest BCUT2D eigenvalue weighted by atomic mass is 9.66. The third-order valence-corrected chi connectivity index (χ3v) is 12.2. The summed E-state index contributed by atoms with van der Waals surface area (Å²) in [4.78, 5) is 28.2. The van der Waals surface area contributed by atoms with Gasteiger partial charge in [0.1, 0.15) is 6.10 Å². The Morgan fingerprint density at radius 2 is 1.00 bits per heavy atom. The molecule has 0 aliphatic heterocycles. The molecule has 1 N–H and O–H groups in total. The van der Waals surface area contributed by atoms with Crippen molar-refractivity contribution < 1.29 is 24.2 Å². The Bertz CT molecular complexity index is 814. The predicted molar refractivity (Wildman–Crippen MR) is 230 cm³/mol. The quantitative estimate of drug-likeness (QED) is 0.0493. The van der Waals surface area contributed by atoms with Crippen LogP contribution in [-0.4, -0.2) is 60.9 Å². The third kappa shape index (κ3) is 28.3. The zero-order chi connectivity index (χ0) is 39.2. The number of rotatable bonds is 42. The molecule has 0 bridgehead atoms. The molecule has 1 fully saturated rings. The molecule has 6 heteroatoms. The van der Waals surface area contributed by atoms with Gasteiger partial charge in [-0.2, -0.15) is 0 Å². The van der Waals surface area contributed by atoms with Gasteiger partial charge in [0.05, 0.1) is 12.0 Å². The summed E-state index contributed by atoms with van der Waals surface area (Å²) in [5.74, 6) is 0.111. The lowest BCUT2D eigenvalue weighted by molar-refractivity contribution is -0.169. The molecule has 1 rings (SSSR count).